The van der Waals surface area contributed by atoms with Crippen molar-refractivity contribution in [1.82, 2.24) is 0 Å². The van der Waals surface area contributed by atoms with Crippen LogP contribution in [0.15, 0.2) is 23.6 Å². The number of halogens is 2. The summed E-state index contributed by atoms with van der Waals surface area (Å²) in [5.41, 5.74) is 1.44. The number of thiophene rings is 1. The van der Waals surface area contributed by atoms with E-state index >= 15 is 0 Å². The summed E-state index contributed by atoms with van der Waals surface area (Å²) in [6.45, 7) is 1.75. The van der Waals surface area contributed by atoms with Crippen LogP contribution in [0.25, 0.3) is 0 Å². The number of amides is 1. The molecule has 0 bridgehead atoms. The Hall–Kier alpha value is -1.12. The van der Waals surface area contributed by atoms with Gasteiger partial charge in [0.15, 0.2) is 0 Å². The van der Waals surface area contributed by atoms with E-state index in [0.29, 0.717) is 16.3 Å². The number of carbonyl (C=O) groups excluding carboxylic acids is 1. The number of benzene rings is 1. The van der Waals surface area contributed by atoms with E-state index < -0.39 is 5.97 Å². The van der Waals surface area contributed by atoms with Crippen LogP contribution in [-0.2, 0) is 0 Å². The number of carboxylic acid groups (broad SMARTS) is 1. The van der Waals surface area contributed by atoms with Crippen LogP contribution in [0.5, 0.6) is 0 Å². The maximum absolute atomic E-state index is 12.1. The number of hydrogen-bond donors (Lipinski definition) is 2. The summed E-state index contributed by atoms with van der Waals surface area (Å²) in [5.74, 6) is -1.44. The highest BCUT2D eigenvalue weighted by Crippen LogP contribution is 2.28. The molecule has 1 heterocycles. The molecule has 0 radical (unpaired) electrons. The molecule has 0 aliphatic carbocycles. The monoisotopic (exact) mass is 421 g/mol. The molecular formula is C13H9ClINO3S. The van der Waals surface area contributed by atoms with Crippen LogP contribution in [0.4, 0.5) is 5.69 Å². The van der Waals surface area contributed by atoms with Crippen molar-refractivity contribution in [2.45, 2.75) is 6.92 Å². The third-order valence-electron chi connectivity index (χ3n) is 2.59. The lowest BCUT2D eigenvalue weighted by atomic mass is 10.2. The molecule has 20 heavy (non-hydrogen) atoms. The van der Waals surface area contributed by atoms with Crippen molar-refractivity contribution in [3.8, 4) is 0 Å². The Morgan fingerprint density at radius 3 is 2.70 bits per heavy atom. The minimum absolute atomic E-state index is 0.118. The first-order valence-corrected chi connectivity index (χ1v) is 7.81. The predicted octanol–water partition coefficient (Wildman–Crippen LogP) is 4.27. The van der Waals surface area contributed by atoms with Crippen LogP contribution in [0.1, 0.15) is 25.6 Å². The Balaban J connectivity index is 2.30. The number of nitrogens with one attached hydrogen (secondary N) is 1. The molecule has 1 aromatic heterocycles. The third-order valence-corrected chi connectivity index (χ3v) is 5.25. The molecule has 4 nitrogen and oxygen atoms in total. The maximum Gasteiger partial charge on any atom is 0.348 e. The van der Waals surface area contributed by atoms with Gasteiger partial charge in [0.05, 0.1) is 10.7 Å². The highest BCUT2D eigenvalue weighted by Gasteiger charge is 2.18. The molecule has 0 atom stereocenters. The van der Waals surface area contributed by atoms with E-state index in [9.17, 15) is 9.59 Å². The van der Waals surface area contributed by atoms with E-state index in [1.54, 1.807) is 30.5 Å². The minimum Gasteiger partial charge on any atom is -0.477 e. The molecule has 0 saturated heterocycles. The van der Waals surface area contributed by atoms with Gasteiger partial charge in [0.2, 0.25) is 0 Å². The van der Waals surface area contributed by atoms with E-state index in [1.165, 1.54) is 0 Å². The fourth-order valence-electron chi connectivity index (χ4n) is 1.58. The zero-order valence-corrected chi connectivity index (χ0v) is 14.0. The fraction of sp³-hybridized carbons (Fsp3) is 0.0769. The first kappa shape index (κ1) is 15.3. The van der Waals surface area contributed by atoms with Gasteiger partial charge in [-0.3, -0.25) is 4.79 Å². The van der Waals surface area contributed by atoms with E-state index in [1.807, 2.05) is 0 Å². The van der Waals surface area contributed by atoms with Crippen molar-refractivity contribution >= 4 is 63.1 Å². The van der Waals surface area contributed by atoms with Gasteiger partial charge in [0.1, 0.15) is 4.88 Å². The van der Waals surface area contributed by atoms with Gasteiger partial charge in [0.25, 0.3) is 5.91 Å². The van der Waals surface area contributed by atoms with Crippen LogP contribution in [0, 0.1) is 10.5 Å². The first-order valence-electron chi connectivity index (χ1n) is 5.48. The molecule has 2 aromatic rings. The summed E-state index contributed by atoms with van der Waals surface area (Å²) in [7, 11) is 0. The van der Waals surface area contributed by atoms with Crippen molar-refractivity contribution in [3.05, 3.63) is 48.2 Å². The lowest BCUT2D eigenvalue weighted by Gasteiger charge is -2.07. The average Bonchev–Trinajstić information content (AvgIpc) is 2.74. The number of hydrogen-bond acceptors (Lipinski definition) is 3. The maximum atomic E-state index is 12.1. The summed E-state index contributed by atoms with van der Waals surface area (Å²) < 4.78 is 0.846. The van der Waals surface area contributed by atoms with Crippen LogP contribution < -0.4 is 5.32 Å². The van der Waals surface area contributed by atoms with E-state index in [2.05, 4.69) is 27.9 Å². The summed E-state index contributed by atoms with van der Waals surface area (Å²) >= 11 is 9.13. The second-order valence-corrected chi connectivity index (χ2v) is 6.46. The molecule has 0 spiro atoms. The zero-order chi connectivity index (χ0) is 14.9. The van der Waals surface area contributed by atoms with E-state index in [-0.39, 0.29) is 10.8 Å². The highest BCUT2D eigenvalue weighted by molar-refractivity contribution is 14.1. The lowest BCUT2D eigenvalue weighted by molar-refractivity contribution is 0.0703. The summed E-state index contributed by atoms with van der Waals surface area (Å²) in [5, 5.41) is 13.9. The Bertz CT molecular complexity index is 699. The number of rotatable bonds is 3. The van der Waals surface area contributed by atoms with Crippen molar-refractivity contribution in [3.63, 3.8) is 0 Å². The lowest BCUT2D eigenvalue weighted by Crippen LogP contribution is -2.14. The smallest absolute Gasteiger partial charge is 0.348 e. The van der Waals surface area contributed by atoms with Crippen LogP contribution in [-0.4, -0.2) is 17.0 Å². The molecular weight excluding hydrogens is 413 g/mol. The number of carboxylic acids is 1. The Morgan fingerprint density at radius 1 is 1.40 bits per heavy atom. The van der Waals surface area contributed by atoms with Gasteiger partial charge in [-0.1, -0.05) is 11.6 Å². The highest BCUT2D eigenvalue weighted by atomic mass is 127. The van der Waals surface area contributed by atoms with Gasteiger partial charge < -0.3 is 10.4 Å². The van der Waals surface area contributed by atoms with Crippen LogP contribution in [0.3, 0.4) is 0 Å². The molecule has 0 unspecified atom stereocenters. The first-order chi connectivity index (χ1) is 9.40. The molecule has 1 amide bonds. The molecule has 0 saturated carbocycles. The van der Waals surface area contributed by atoms with Gasteiger partial charge in [-0.05, 0) is 58.7 Å². The molecule has 0 aliphatic rings. The summed E-state index contributed by atoms with van der Waals surface area (Å²) in [4.78, 5) is 23.3. The predicted molar refractivity (Wildman–Crippen MR) is 88.1 cm³/mol. The van der Waals surface area contributed by atoms with Crippen molar-refractivity contribution < 1.29 is 14.7 Å². The molecule has 104 valence electrons. The SMILES string of the molecule is Cc1csc(C(=O)O)c1NC(=O)c1ccc(I)c(Cl)c1. The topological polar surface area (TPSA) is 66.4 Å². The summed E-state index contributed by atoms with van der Waals surface area (Å²) in [6, 6.07) is 4.93. The molecule has 1 aromatic carbocycles. The van der Waals surface area contributed by atoms with Gasteiger partial charge in [-0.15, -0.1) is 11.3 Å². The standard InChI is InChI=1S/C13H9ClINO3S/c1-6-5-20-11(13(18)19)10(6)16-12(17)7-2-3-9(15)8(14)4-7/h2-5H,1H3,(H,16,17)(H,18,19). The van der Waals surface area contributed by atoms with Gasteiger partial charge in [-0.2, -0.15) is 0 Å². The normalized spacial score (nSPS) is 10.3. The number of aromatic carboxylic acids is 1. The van der Waals surface area contributed by atoms with Crippen molar-refractivity contribution in [2.75, 3.05) is 5.32 Å². The van der Waals surface area contributed by atoms with Crippen LogP contribution in [0.2, 0.25) is 5.02 Å². The van der Waals surface area contributed by atoms with Crippen molar-refractivity contribution in [2.24, 2.45) is 0 Å². The van der Waals surface area contributed by atoms with E-state index in [0.717, 1.165) is 20.5 Å². The zero-order valence-electron chi connectivity index (χ0n) is 10.2. The molecule has 0 aliphatic heterocycles. The quantitative estimate of drug-likeness (QED) is 0.728. The number of carbonyl (C=O) groups is 2. The Morgan fingerprint density at radius 2 is 2.10 bits per heavy atom. The van der Waals surface area contributed by atoms with Gasteiger partial charge in [-0.25, -0.2) is 4.79 Å². The molecule has 2 rings (SSSR count). The second kappa shape index (κ2) is 6.11. The fourth-order valence-corrected chi connectivity index (χ4v) is 2.94. The number of anilines is 1. The van der Waals surface area contributed by atoms with Gasteiger partial charge in [0, 0.05) is 9.13 Å². The Labute approximate surface area is 137 Å². The van der Waals surface area contributed by atoms with E-state index in [4.69, 9.17) is 16.7 Å². The van der Waals surface area contributed by atoms with Crippen LogP contribution >= 0.6 is 45.5 Å². The van der Waals surface area contributed by atoms with Crippen molar-refractivity contribution in [1.29, 1.82) is 0 Å². The minimum atomic E-state index is -1.06. The Kier molecular flexibility index (Phi) is 4.66. The second-order valence-electron chi connectivity index (χ2n) is 4.01. The number of aryl methyl sites for hydroxylation is 1. The molecule has 0 fully saturated rings. The molecule has 2 N–H and O–H groups in total. The van der Waals surface area contributed by atoms with Gasteiger partial charge >= 0.3 is 5.97 Å². The third kappa shape index (κ3) is 3.13. The average molecular weight is 422 g/mol. The molecule has 7 heteroatoms. The summed E-state index contributed by atoms with van der Waals surface area (Å²) in [6.07, 6.45) is 0. The largest absolute Gasteiger partial charge is 0.477 e.